The predicted octanol–water partition coefficient (Wildman–Crippen LogP) is 3.18. The van der Waals surface area contributed by atoms with Crippen LogP contribution in [0.4, 0.5) is 0 Å². The molecule has 0 aromatic heterocycles. The van der Waals surface area contributed by atoms with E-state index in [2.05, 4.69) is 22.6 Å². The van der Waals surface area contributed by atoms with Crippen molar-refractivity contribution < 1.29 is 4.79 Å². The molecule has 2 aliphatic rings. The fourth-order valence-electron chi connectivity index (χ4n) is 3.29. The second-order valence-electron chi connectivity index (χ2n) is 5.50. The lowest BCUT2D eigenvalue weighted by molar-refractivity contribution is 0.0779. The third kappa shape index (κ3) is 2.93. The first-order valence-corrected chi connectivity index (χ1v) is 8.02. The largest absolute Gasteiger partial charge is 0.338 e. The smallest absolute Gasteiger partial charge is 0.253 e. The molecule has 1 saturated heterocycles. The average molecular weight is 427 g/mol. The van der Waals surface area contributed by atoms with Crippen molar-refractivity contribution in [3.63, 3.8) is 0 Å². The molecule has 6 heteroatoms. The van der Waals surface area contributed by atoms with Crippen molar-refractivity contribution in [2.24, 2.45) is 17.6 Å². The lowest BCUT2D eigenvalue weighted by Gasteiger charge is -2.19. The number of halogens is 3. The molecular formula is C14H17Cl2IN2O. The van der Waals surface area contributed by atoms with Gasteiger partial charge in [0, 0.05) is 28.3 Å². The lowest BCUT2D eigenvalue weighted by atomic mass is 9.98. The zero-order valence-electron chi connectivity index (χ0n) is 10.9. The normalized spacial score (nSPS) is 28.1. The summed E-state index contributed by atoms with van der Waals surface area (Å²) in [4.78, 5) is 14.4. The van der Waals surface area contributed by atoms with E-state index in [4.69, 9.17) is 17.3 Å². The van der Waals surface area contributed by atoms with Gasteiger partial charge in [-0.2, -0.15) is 0 Å². The zero-order valence-corrected chi connectivity index (χ0v) is 14.6. The summed E-state index contributed by atoms with van der Waals surface area (Å²) in [6, 6.07) is 5.77. The highest BCUT2D eigenvalue weighted by molar-refractivity contribution is 14.1. The Morgan fingerprint density at radius 1 is 1.35 bits per heavy atom. The van der Waals surface area contributed by atoms with E-state index in [-0.39, 0.29) is 24.4 Å². The Hall–Kier alpha value is -0.0400. The molecule has 20 heavy (non-hydrogen) atoms. The van der Waals surface area contributed by atoms with Crippen molar-refractivity contribution in [3.05, 3.63) is 32.4 Å². The number of benzene rings is 1. The van der Waals surface area contributed by atoms with E-state index in [0.29, 0.717) is 22.4 Å². The van der Waals surface area contributed by atoms with Crippen LogP contribution in [-0.4, -0.2) is 29.9 Å². The second kappa shape index (κ2) is 6.38. The Kier molecular flexibility index (Phi) is 5.21. The first-order chi connectivity index (χ1) is 9.06. The predicted molar refractivity (Wildman–Crippen MR) is 91.5 cm³/mol. The highest BCUT2D eigenvalue weighted by Crippen LogP contribution is 2.37. The van der Waals surface area contributed by atoms with Crippen molar-refractivity contribution in [1.82, 2.24) is 4.90 Å². The van der Waals surface area contributed by atoms with E-state index >= 15 is 0 Å². The van der Waals surface area contributed by atoms with E-state index in [1.165, 1.54) is 0 Å². The molecule has 110 valence electrons. The van der Waals surface area contributed by atoms with Crippen LogP contribution in [0.5, 0.6) is 0 Å². The van der Waals surface area contributed by atoms with E-state index in [1.54, 1.807) is 6.07 Å². The Morgan fingerprint density at radius 3 is 2.75 bits per heavy atom. The molecule has 3 unspecified atom stereocenters. The van der Waals surface area contributed by atoms with Crippen LogP contribution in [-0.2, 0) is 0 Å². The molecule has 0 radical (unpaired) electrons. The number of carbonyl (C=O) groups excluding carboxylic acids is 1. The maximum absolute atomic E-state index is 12.5. The number of hydrogen-bond donors (Lipinski definition) is 1. The van der Waals surface area contributed by atoms with Gasteiger partial charge in [-0.25, -0.2) is 0 Å². The first-order valence-electron chi connectivity index (χ1n) is 6.56. The molecule has 0 spiro atoms. The monoisotopic (exact) mass is 426 g/mol. The minimum Gasteiger partial charge on any atom is -0.338 e. The van der Waals surface area contributed by atoms with Crippen LogP contribution in [0.3, 0.4) is 0 Å². The molecule has 1 amide bonds. The molecule has 1 aliphatic heterocycles. The number of nitrogens with zero attached hydrogens (tertiary/aromatic N) is 1. The zero-order chi connectivity index (χ0) is 13.6. The fourth-order valence-corrected chi connectivity index (χ4v) is 3.80. The van der Waals surface area contributed by atoms with Gasteiger partial charge in [0.05, 0.1) is 5.02 Å². The van der Waals surface area contributed by atoms with Crippen molar-refractivity contribution in [3.8, 4) is 0 Å². The van der Waals surface area contributed by atoms with Gasteiger partial charge in [0.15, 0.2) is 0 Å². The third-order valence-corrected chi connectivity index (χ3v) is 5.94. The molecular weight excluding hydrogens is 410 g/mol. The van der Waals surface area contributed by atoms with Crippen molar-refractivity contribution >= 4 is 52.5 Å². The summed E-state index contributed by atoms with van der Waals surface area (Å²) in [5.41, 5.74) is 6.78. The van der Waals surface area contributed by atoms with Gasteiger partial charge >= 0.3 is 0 Å². The number of amides is 1. The van der Waals surface area contributed by atoms with Gasteiger partial charge in [-0.15, -0.1) is 12.4 Å². The molecule has 3 nitrogen and oxygen atoms in total. The maximum Gasteiger partial charge on any atom is 0.253 e. The molecule has 1 aliphatic carbocycles. The Balaban J connectivity index is 0.00000147. The highest BCUT2D eigenvalue weighted by atomic mass is 127. The number of hydrogen-bond acceptors (Lipinski definition) is 2. The van der Waals surface area contributed by atoms with Crippen LogP contribution in [0.15, 0.2) is 18.2 Å². The molecule has 1 aromatic rings. The van der Waals surface area contributed by atoms with Crippen LogP contribution in [0.1, 0.15) is 23.2 Å². The van der Waals surface area contributed by atoms with E-state index in [1.807, 2.05) is 17.0 Å². The summed E-state index contributed by atoms with van der Waals surface area (Å²) in [5.74, 6) is 1.17. The molecule has 2 fully saturated rings. The summed E-state index contributed by atoms with van der Waals surface area (Å²) in [6.45, 7) is 1.65. The average Bonchev–Trinajstić information content (AvgIpc) is 2.95. The highest BCUT2D eigenvalue weighted by Gasteiger charge is 2.42. The van der Waals surface area contributed by atoms with Crippen LogP contribution in [0.25, 0.3) is 0 Å². The van der Waals surface area contributed by atoms with Crippen molar-refractivity contribution in [1.29, 1.82) is 0 Å². The number of fused-ring (bicyclic) bond motifs is 1. The summed E-state index contributed by atoms with van der Waals surface area (Å²) in [6.07, 6.45) is 2.26. The van der Waals surface area contributed by atoms with Gasteiger partial charge in [0.25, 0.3) is 5.91 Å². The number of carbonyl (C=O) groups is 1. The molecule has 3 rings (SSSR count). The summed E-state index contributed by atoms with van der Waals surface area (Å²) in [5, 5.41) is 0.641. The fraction of sp³-hybridized carbons (Fsp3) is 0.500. The molecule has 1 heterocycles. The lowest BCUT2D eigenvalue weighted by Crippen LogP contribution is -2.33. The molecule has 1 saturated carbocycles. The second-order valence-corrected chi connectivity index (χ2v) is 7.07. The molecule has 1 aromatic carbocycles. The van der Waals surface area contributed by atoms with Gasteiger partial charge in [-0.05, 0) is 65.5 Å². The quantitative estimate of drug-likeness (QED) is 0.701. The van der Waals surface area contributed by atoms with Gasteiger partial charge in [-0.1, -0.05) is 11.6 Å². The van der Waals surface area contributed by atoms with Crippen molar-refractivity contribution in [2.45, 2.75) is 18.9 Å². The standard InChI is InChI=1S/C14H16ClIN2O.ClH/c15-11-5-8(1-3-12(11)16)14(19)18-6-9-2-4-13(17)10(9)7-18;/h1,3,5,9-10,13H,2,4,6-7,17H2;1H. The number of rotatable bonds is 1. The number of likely N-dealkylation sites (tertiary alicyclic amines) is 1. The van der Waals surface area contributed by atoms with E-state index in [0.717, 1.165) is 29.5 Å². The SMILES string of the molecule is Cl.NC1CCC2CN(C(=O)c3ccc(I)c(Cl)c3)CC12. The van der Waals surface area contributed by atoms with Gasteiger partial charge in [0.1, 0.15) is 0 Å². The third-order valence-electron chi connectivity index (χ3n) is 4.37. The van der Waals surface area contributed by atoms with E-state index in [9.17, 15) is 4.79 Å². The first kappa shape index (κ1) is 16.3. The van der Waals surface area contributed by atoms with Crippen LogP contribution < -0.4 is 5.73 Å². The maximum atomic E-state index is 12.5. The minimum absolute atomic E-state index is 0. The Bertz CT molecular complexity index is 526. The number of nitrogens with two attached hydrogens (primary N) is 1. The molecule has 0 bridgehead atoms. The molecule has 3 atom stereocenters. The Morgan fingerprint density at radius 2 is 2.10 bits per heavy atom. The summed E-state index contributed by atoms with van der Waals surface area (Å²) >= 11 is 8.25. The Labute approximate surface area is 143 Å². The summed E-state index contributed by atoms with van der Waals surface area (Å²) in [7, 11) is 0. The minimum atomic E-state index is 0. The van der Waals surface area contributed by atoms with E-state index < -0.39 is 0 Å². The van der Waals surface area contributed by atoms with Gasteiger partial charge in [0.2, 0.25) is 0 Å². The van der Waals surface area contributed by atoms with Crippen LogP contribution >= 0.6 is 46.6 Å². The summed E-state index contributed by atoms with van der Waals surface area (Å²) < 4.78 is 0.969. The van der Waals surface area contributed by atoms with Crippen LogP contribution in [0.2, 0.25) is 5.02 Å². The van der Waals surface area contributed by atoms with Crippen LogP contribution in [0, 0.1) is 15.4 Å². The van der Waals surface area contributed by atoms with Crippen molar-refractivity contribution in [2.75, 3.05) is 13.1 Å². The molecule has 2 N–H and O–H groups in total. The van der Waals surface area contributed by atoms with Gasteiger partial charge in [-0.3, -0.25) is 4.79 Å². The topological polar surface area (TPSA) is 46.3 Å². The van der Waals surface area contributed by atoms with Gasteiger partial charge < -0.3 is 10.6 Å².